The van der Waals surface area contributed by atoms with E-state index in [-0.39, 0.29) is 11.8 Å². The fourth-order valence-corrected chi connectivity index (χ4v) is 3.40. The van der Waals surface area contributed by atoms with Crippen LogP contribution in [0.15, 0.2) is 12.1 Å². The van der Waals surface area contributed by atoms with E-state index in [4.69, 9.17) is 21.1 Å². The molecule has 1 fully saturated rings. The third-order valence-corrected chi connectivity index (χ3v) is 4.64. The van der Waals surface area contributed by atoms with Crippen molar-refractivity contribution in [3.8, 4) is 11.5 Å². The highest BCUT2D eigenvalue weighted by Crippen LogP contribution is 2.38. The maximum Gasteiger partial charge on any atom is 0.254 e. The highest BCUT2D eigenvalue weighted by molar-refractivity contribution is 6.32. The van der Waals surface area contributed by atoms with E-state index in [0.717, 1.165) is 19.3 Å². The van der Waals surface area contributed by atoms with Crippen LogP contribution in [0.1, 0.15) is 36.0 Å². The Balaban J connectivity index is 1.90. The van der Waals surface area contributed by atoms with Crippen molar-refractivity contribution in [3.05, 3.63) is 22.7 Å². The predicted octanol–water partition coefficient (Wildman–Crippen LogP) is 2.24. The molecule has 1 atom stereocenters. The Morgan fingerprint density at radius 1 is 1.21 bits per heavy atom. The molecule has 6 nitrogen and oxygen atoms in total. The Hall–Kier alpha value is -1.95. The molecule has 1 aromatic carbocycles. The monoisotopic (exact) mass is 352 g/mol. The molecule has 1 saturated heterocycles. The Labute approximate surface area is 146 Å². The average Bonchev–Trinajstić information content (AvgIpc) is 2.86. The van der Waals surface area contributed by atoms with Crippen molar-refractivity contribution < 1.29 is 19.1 Å². The normalized spacial score (nSPS) is 20.2. The number of carbonyl (C=O) groups excluding carboxylic acids is 2. The molecule has 0 bridgehead atoms. The first-order valence-electron chi connectivity index (χ1n) is 8.23. The summed E-state index contributed by atoms with van der Waals surface area (Å²) in [5, 5.41) is 2.99. The van der Waals surface area contributed by atoms with E-state index in [2.05, 4.69) is 5.32 Å². The van der Waals surface area contributed by atoms with Crippen molar-refractivity contribution in [2.45, 2.75) is 31.7 Å². The summed E-state index contributed by atoms with van der Waals surface area (Å²) in [5.74, 6) is 0.619. The number of likely N-dealkylation sites (N-methyl/N-ethyl adjacent to an activating group) is 1. The molecular formula is C17H21ClN2O4. The van der Waals surface area contributed by atoms with Crippen molar-refractivity contribution in [3.63, 3.8) is 0 Å². The van der Waals surface area contributed by atoms with Gasteiger partial charge >= 0.3 is 0 Å². The summed E-state index contributed by atoms with van der Waals surface area (Å²) < 4.78 is 11.2. The van der Waals surface area contributed by atoms with Crippen LogP contribution in [0.4, 0.5) is 0 Å². The summed E-state index contributed by atoms with van der Waals surface area (Å²) in [5.41, 5.74) is 0.417. The van der Waals surface area contributed by atoms with Crippen LogP contribution in [0.3, 0.4) is 0 Å². The second kappa shape index (κ2) is 7.30. The fourth-order valence-electron chi connectivity index (χ4n) is 3.13. The Morgan fingerprint density at radius 3 is 2.79 bits per heavy atom. The van der Waals surface area contributed by atoms with Gasteiger partial charge in [-0.15, -0.1) is 0 Å². The van der Waals surface area contributed by atoms with E-state index < -0.39 is 6.04 Å². The van der Waals surface area contributed by atoms with Crippen LogP contribution >= 0.6 is 11.6 Å². The molecule has 0 spiro atoms. The topological polar surface area (TPSA) is 67.9 Å². The number of nitrogens with one attached hydrogen (secondary N) is 1. The zero-order valence-corrected chi connectivity index (χ0v) is 14.4. The van der Waals surface area contributed by atoms with Crippen LogP contribution in [-0.4, -0.2) is 49.6 Å². The second-order valence-corrected chi connectivity index (χ2v) is 6.37. The number of fused-ring (bicyclic) bond motifs is 1. The van der Waals surface area contributed by atoms with E-state index in [1.54, 1.807) is 24.1 Å². The van der Waals surface area contributed by atoms with Gasteiger partial charge in [0.2, 0.25) is 5.91 Å². The van der Waals surface area contributed by atoms with Crippen molar-refractivity contribution in [2.75, 3.05) is 26.8 Å². The molecule has 24 heavy (non-hydrogen) atoms. The largest absolute Gasteiger partial charge is 0.489 e. The summed E-state index contributed by atoms with van der Waals surface area (Å²) in [7, 11) is 1.59. The average molecular weight is 353 g/mol. The van der Waals surface area contributed by atoms with E-state index in [9.17, 15) is 9.59 Å². The van der Waals surface area contributed by atoms with E-state index in [0.29, 0.717) is 48.3 Å². The summed E-state index contributed by atoms with van der Waals surface area (Å²) in [6.07, 6.45) is 3.25. The second-order valence-electron chi connectivity index (χ2n) is 5.96. The number of hydrogen-bond donors (Lipinski definition) is 1. The lowest BCUT2D eigenvalue weighted by Gasteiger charge is -2.34. The zero-order valence-electron chi connectivity index (χ0n) is 13.6. The molecule has 0 aliphatic carbocycles. The van der Waals surface area contributed by atoms with Gasteiger partial charge < -0.3 is 19.7 Å². The van der Waals surface area contributed by atoms with E-state index in [1.165, 1.54) is 0 Å². The number of piperidine rings is 1. The van der Waals surface area contributed by atoms with Crippen LogP contribution in [0.5, 0.6) is 11.5 Å². The molecule has 0 aromatic heterocycles. The molecule has 2 aliphatic rings. The first kappa shape index (κ1) is 16.9. The molecule has 7 heteroatoms. The van der Waals surface area contributed by atoms with Crippen molar-refractivity contribution in [1.82, 2.24) is 10.2 Å². The number of rotatable bonds is 2. The standard InChI is InChI=1S/C17H21ClN2O4/c1-19-16(21)13-5-2-3-6-20(13)17(22)11-9-12(18)15-14(10-11)23-7-4-8-24-15/h9-10,13H,2-8H2,1H3,(H,19,21). The molecule has 2 heterocycles. The summed E-state index contributed by atoms with van der Waals surface area (Å²) in [6.45, 7) is 1.61. The fraction of sp³-hybridized carbons (Fsp3) is 0.529. The van der Waals surface area contributed by atoms with Gasteiger partial charge in [-0.25, -0.2) is 0 Å². The molecule has 1 aromatic rings. The van der Waals surface area contributed by atoms with Gasteiger partial charge in [0.15, 0.2) is 11.5 Å². The van der Waals surface area contributed by atoms with Crippen LogP contribution < -0.4 is 14.8 Å². The summed E-state index contributed by atoms with van der Waals surface area (Å²) >= 11 is 6.27. The molecule has 0 saturated carbocycles. The lowest BCUT2D eigenvalue weighted by Crippen LogP contribution is -2.51. The maximum atomic E-state index is 12.9. The Bertz CT molecular complexity index is 650. The number of carbonyl (C=O) groups is 2. The number of nitrogens with zero attached hydrogens (tertiary/aromatic N) is 1. The lowest BCUT2D eigenvalue weighted by molar-refractivity contribution is -0.126. The maximum absolute atomic E-state index is 12.9. The molecule has 2 amide bonds. The number of benzene rings is 1. The van der Waals surface area contributed by atoms with E-state index >= 15 is 0 Å². The number of amides is 2. The molecule has 3 rings (SSSR count). The van der Waals surface area contributed by atoms with Crippen LogP contribution in [0.2, 0.25) is 5.02 Å². The van der Waals surface area contributed by atoms with Gasteiger partial charge in [0, 0.05) is 25.6 Å². The van der Waals surface area contributed by atoms with Gasteiger partial charge in [0.1, 0.15) is 6.04 Å². The SMILES string of the molecule is CNC(=O)C1CCCCN1C(=O)c1cc(Cl)c2c(c1)OCCCO2. The van der Waals surface area contributed by atoms with Crippen molar-refractivity contribution in [2.24, 2.45) is 0 Å². The predicted molar refractivity (Wildman–Crippen MR) is 89.8 cm³/mol. The van der Waals surface area contributed by atoms with Crippen molar-refractivity contribution >= 4 is 23.4 Å². The Kier molecular flexibility index (Phi) is 5.14. The number of ether oxygens (including phenoxy) is 2. The van der Waals surface area contributed by atoms with Crippen LogP contribution in [-0.2, 0) is 4.79 Å². The highest BCUT2D eigenvalue weighted by Gasteiger charge is 2.33. The summed E-state index contributed by atoms with van der Waals surface area (Å²) in [4.78, 5) is 26.7. The number of halogens is 1. The first-order chi connectivity index (χ1) is 11.6. The van der Waals surface area contributed by atoms with Gasteiger partial charge in [-0.2, -0.15) is 0 Å². The van der Waals surface area contributed by atoms with Crippen molar-refractivity contribution in [1.29, 1.82) is 0 Å². The number of likely N-dealkylation sites (tertiary alicyclic amines) is 1. The highest BCUT2D eigenvalue weighted by atomic mass is 35.5. The van der Waals surface area contributed by atoms with Gasteiger partial charge in [-0.3, -0.25) is 9.59 Å². The van der Waals surface area contributed by atoms with Crippen LogP contribution in [0.25, 0.3) is 0 Å². The first-order valence-corrected chi connectivity index (χ1v) is 8.61. The minimum atomic E-state index is -0.439. The van der Waals surface area contributed by atoms with E-state index in [1.807, 2.05) is 0 Å². The lowest BCUT2D eigenvalue weighted by atomic mass is 10.00. The van der Waals surface area contributed by atoms with Gasteiger partial charge in [0.05, 0.1) is 18.2 Å². The number of hydrogen-bond acceptors (Lipinski definition) is 4. The smallest absolute Gasteiger partial charge is 0.254 e. The quantitative estimate of drug-likeness (QED) is 0.886. The molecule has 2 aliphatic heterocycles. The minimum absolute atomic E-state index is 0.136. The van der Waals surface area contributed by atoms with Gasteiger partial charge in [-0.05, 0) is 31.4 Å². The van der Waals surface area contributed by atoms with Crippen LogP contribution in [0, 0.1) is 0 Å². The molecular weight excluding hydrogens is 332 g/mol. The Morgan fingerprint density at radius 2 is 2.00 bits per heavy atom. The zero-order chi connectivity index (χ0) is 17.1. The third kappa shape index (κ3) is 3.29. The minimum Gasteiger partial charge on any atom is -0.489 e. The molecule has 0 radical (unpaired) electrons. The van der Waals surface area contributed by atoms with Gasteiger partial charge in [-0.1, -0.05) is 11.6 Å². The van der Waals surface area contributed by atoms with Gasteiger partial charge in [0.25, 0.3) is 5.91 Å². The summed E-state index contributed by atoms with van der Waals surface area (Å²) in [6, 6.07) is 2.81. The molecule has 1 N–H and O–H groups in total. The third-order valence-electron chi connectivity index (χ3n) is 4.36. The molecule has 130 valence electrons. The molecule has 1 unspecified atom stereocenters.